The summed E-state index contributed by atoms with van der Waals surface area (Å²) in [6.45, 7) is 4.20. The van der Waals surface area contributed by atoms with E-state index in [1.165, 1.54) is 0 Å². The Morgan fingerprint density at radius 2 is 1.91 bits per heavy atom. The van der Waals surface area contributed by atoms with Gasteiger partial charge in [-0.15, -0.1) is 0 Å². The first-order chi connectivity index (χ1) is 11.1. The van der Waals surface area contributed by atoms with Crippen LogP contribution in [0.2, 0.25) is 0 Å². The highest BCUT2D eigenvalue weighted by atomic mass is 16.1. The minimum Gasteiger partial charge on any atom is -0.310 e. The SMILES string of the molecule is CC(C)Cc1cc(-c2n[nH]c(Cc3ccccc3)n2)nc(=O)[nH]1. The number of hydrogen-bond donors (Lipinski definition) is 2. The molecule has 0 spiro atoms. The predicted octanol–water partition coefficient (Wildman–Crippen LogP) is 2.34. The minimum absolute atomic E-state index is 0.368. The standard InChI is InChI=1S/C17H19N5O/c1-11(2)8-13-10-14(19-17(23)18-13)16-20-15(21-22-16)9-12-6-4-3-5-7-12/h3-7,10-11H,8-9H2,1-2H3,(H,18,19,23)(H,20,21,22). The van der Waals surface area contributed by atoms with E-state index in [1.54, 1.807) is 0 Å². The summed E-state index contributed by atoms with van der Waals surface area (Å²) >= 11 is 0. The van der Waals surface area contributed by atoms with Crippen molar-refractivity contribution in [1.82, 2.24) is 25.1 Å². The van der Waals surface area contributed by atoms with Crippen LogP contribution < -0.4 is 5.69 Å². The van der Waals surface area contributed by atoms with E-state index in [0.29, 0.717) is 23.9 Å². The molecule has 0 fully saturated rings. The third-order valence-corrected chi connectivity index (χ3v) is 3.40. The molecule has 0 unspecified atom stereocenters. The molecule has 2 aromatic heterocycles. The van der Waals surface area contributed by atoms with Gasteiger partial charge in [-0.25, -0.2) is 9.78 Å². The van der Waals surface area contributed by atoms with Crippen molar-refractivity contribution in [2.75, 3.05) is 0 Å². The van der Waals surface area contributed by atoms with Crippen molar-refractivity contribution in [3.63, 3.8) is 0 Å². The molecule has 6 nitrogen and oxygen atoms in total. The molecule has 1 aromatic carbocycles. The number of aromatic nitrogens is 5. The van der Waals surface area contributed by atoms with E-state index in [0.717, 1.165) is 23.5 Å². The van der Waals surface area contributed by atoms with E-state index in [-0.39, 0.29) is 5.69 Å². The average Bonchev–Trinajstić information content (AvgIpc) is 2.95. The summed E-state index contributed by atoms with van der Waals surface area (Å²) in [6.07, 6.45) is 1.45. The van der Waals surface area contributed by atoms with Crippen molar-refractivity contribution < 1.29 is 0 Å². The summed E-state index contributed by atoms with van der Waals surface area (Å²) < 4.78 is 0. The Morgan fingerprint density at radius 1 is 1.13 bits per heavy atom. The summed E-state index contributed by atoms with van der Waals surface area (Å²) in [5, 5.41) is 7.11. The van der Waals surface area contributed by atoms with Crippen LogP contribution in [-0.4, -0.2) is 25.1 Å². The van der Waals surface area contributed by atoms with Gasteiger partial charge in [-0.3, -0.25) is 5.10 Å². The Bertz CT molecular complexity index is 835. The van der Waals surface area contributed by atoms with Gasteiger partial charge in [-0.05, 0) is 24.0 Å². The number of rotatable bonds is 5. The monoisotopic (exact) mass is 309 g/mol. The number of nitrogens with one attached hydrogen (secondary N) is 2. The quantitative estimate of drug-likeness (QED) is 0.757. The summed E-state index contributed by atoms with van der Waals surface area (Å²) in [5.41, 5.74) is 2.13. The van der Waals surface area contributed by atoms with Gasteiger partial charge in [0.05, 0.1) is 0 Å². The lowest BCUT2D eigenvalue weighted by molar-refractivity contribution is 0.632. The lowest BCUT2D eigenvalue weighted by Gasteiger charge is -2.04. The van der Waals surface area contributed by atoms with Gasteiger partial charge < -0.3 is 4.98 Å². The Morgan fingerprint density at radius 3 is 2.65 bits per heavy atom. The summed E-state index contributed by atoms with van der Waals surface area (Å²) in [6, 6.07) is 11.9. The van der Waals surface area contributed by atoms with Crippen molar-refractivity contribution in [3.8, 4) is 11.5 Å². The molecule has 0 amide bonds. The molecular formula is C17H19N5O. The molecule has 3 rings (SSSR count). The van der Waals surface area contributed by atoms with Crippen molar-refractivity contribution in [1.29, 1.82) is 0 Å². The lowest BCUT2D eigenvalue weighted by atomic mass is 10.1. The first kappa shape index (κ1) is 15.1. The molecule has 0 aliphatic heterocycles. The van der Waals surface area contributed by atoms with Gasteiger partial charge in [0.1, 0.15) is 11.5 Å². The van der Waals surface area contributed by atoms with E-state index >= 15 is 0 Å². The maximum absolute atomic E-state index is 11.7. The molecule has 3 aromatic rings. The molecule has 0 saturated heterocycles. The molecule has 0 radical (unpaired) electrons. The van der Waals surface area contributed by atoms with E-state index in [2.05, 4.69) is 39.0 Å². The molecular weight excluding hydrogens is 290 g/mol. The van der Waals surface area contributed by atoms with Gasteiger partial charge in [0.15, 0.2) is 5.82 Å². The summed E-state index contributed by atoms with van der Waals surface area (Å²) in [7, 11) is 0. The molecule has 6 heteroatoms. The highest BCUT2D eigenvalue weighted by Gasteiger charge is 2.11. The van der Waals surface area contributed by atoms with Crippen LogP contribution in [0.15, 0.2) is 41.2 Å². The second-order valence-corrected chi connectivity index (χ2v) is 5.96. The van der Waals surface area contributed by atoms with Crippen molar-refractivity contribution in [2.45, 2.75) is 26.7 Å². The smallest absolute Gasteiger partial charge is 0.310 e. The Kier molecular flexibility index (Phi) is 4.32. The topological polar surface area (TPSA) is 87.3 Å². The third-order valence-electron chi connectivity index (χ3n) is 3.40. The maximum atomic E-state index is 11.7. The van der Waals surface area contributed by atoms with Crippen LogP contribution >= 0.6 is 0 Å². The first-order valence-corrected chi connectivity index (χ1v) is 7.66. The van der Waals surface area contributed by atoms with Crippen molar-refractivity contribution in [2.24, 2.45) is 5.92 Å². The zero-order valence-corrected chi connectivity index (χ0v) is 13.2. The average molecular weight is 309 g/mol. The largest absolute Gasteiger partial charge is 0.345 e. The molecule has 118 valence electrons. The van der Waals surface area contributed by atoms with Crippen LogP contribution in [0.25, 0.3) is 11.5 Å². The van der Waals surface area contributed by atoms with E-state index in [1.807, 2.05) is 36.4 Å². The molecule has 0 aliphatic carbocycles. The summed E-state index contributed by atoms with van der Waals surface area (Å²) in [5.74, 6) is 1.65. The van der Waals surface area contributed by atoms with Crippen LogP contribution in [0.3, 0.4) is 0 Å². The van der Waals surface area contributed by atoms with Gasteiger partial charge in [-0.1, -0.05) is 44.2 Å². The fourth-order valence-corrected chi connectivity index (χ4v) is 2.45. The molecule has 2 heterocycles. The number of aromatic amines is 2. The van der Waals surface area contributed by atoms with Crippen LogP contribution in [0.1, 0.15) is 30.9 Å². The van der Waals surface area contributed by atoms with Crippen molar-refractivity contribution in [3.05, 3.63) is 64.0 Å². The zero-order valence-electron chi connectivity index (χ0n) is 13.2. The number of nitrogens with zero attached hydrogens (tertiary/aromatic N) is 3. The van der Waals surface area contributed by atoms with E-state index < -0.39 is 0 Å². The van der Waals surface area contributed by atoms with Crippen LogP contribution in [0.5, 0.6) is 0 Å². The number of H-pyrrole nitrogens is 2. The molecule has 0 bridgehead atoms. The fourth-order valence-electron chi connectivity index (χ4n) is 2.45. The van der Waals surface area contributed by atoms with Crippen LogP contribution in [0.4, 0.5) is 0 Å². The maximum Gasteiger partial charge on any atom is 0.345 e. The molecule has 0 saturated carbocycles. The molecule has 2 N–H and O–H groups in total. The highest BCUT2D eigenvalue weighted by Crippen LogP contribution is 2.14. The highest BCUT2D eigenvalue weighted by molar-refractivity contribution is 5.48. The van der Waals surface area contributed by atoms with Gasteiger partial charge in [0, 0.05) is 12.1 Å². The van der Waals surface area contributed by atoms with Gasteiger partial charge >= 0.3 is 5.69 Å². The number of hydrogen-bond acceptors (Lipinski definition) is 4. The van der Waals surface area contributed by atoms with E-state index in [9.17, 15) is 4.79 Å². The second kappa shape index (κ2) is 6.56. The lowest BCUT2D eigenvalue weighted by Crippen LogP contribution is -2.15. The molecule has 23 heavy (non-hydrogen) atoms. The van der Waals surface area contributed by atoms with Crippen LogP contribution in [-0.2, 0) is 12.8 Å². The zero-order chi connectivity index (χ0) is 16.2. The summed E-state index contributed by atoms with van der Waals surface area (Å²) in [4.78, 5) is 22.9. The Labute approximate surface area is 134 Å². The Hall–Kier alpha value is -2.76. The van der Waals surface area contributed by atoms with Gasteiger partial charge in [0.2, 0.25) is 0 Å². The first-order valence-electron chi connectivity index (χ1n) is 7.66. The predicted molar refractivity (Wildman–Crippen MR) is 88.0 cm³/mol. The number of benzene rings is 1. The van der Waals surface area contributed by atoms with Crippen LogP contribution in [0, 0.1) is 5.92 Å². The minimum atomic E-state index is -0.368. The second-order valence-electron chi connectivity index (χ2n) is 5.96. The normalized spacial score (nSPS) is 11.1. The van der Waals surface area contributed by atoms with E-state index in [4.69, 9.17) is 0 Å². The molecule has 0 atom stereocenters. The Balaban J connectivity index is 1.85. The van der Waals surface area contributed by atoms with Gasteiger partial charge in [0.25, 0.3) is 0 Å². The molecule has 0 aliphatic rings. The van der Waals surface area contributed by atoms with Crippen molar-refractivity contribution >= 4 is 0 Å². The third kappa shape index (κ3) is 3.91. The fraction of sp³-hybridized carbons (Fsp3) is 0.294. The van der Waals surface area contributed by atoms with Gasteiger partial charge in [-0.2, -0.15) is 10.1 Å².